The molecule has 0 saturated heterocycles. The molecule has 0 unspecified atom stereocenters. The molecule has 3 nitrogen and oxygen atoms in total. The molecule has 22 heavy (non-hydrogen) atoms. The zero-order valence-corrected chi connectivity index (χ0v) is 15.1. The van der Waals surface area contributed by atoms with Crippen molar-refractivity contribution < 1.29 is 0 Å². The Morgan fingerprint density at radius 1 is 1.18 bits per heavy atom. The van der Waals surface area contributed by atoms with Gasteiger partial charge >= 0.3 is 0 Å². The van der Waals surface area contributed by atoms with Crippen molar-refractivity contribution in [3.05, 3.63) is 34.9 Å². The van der Waals surface area contributed by atoms with Gasteiger partial charge in [-0.05, 0) is 37.8 Å². The maximum absolute atomic E-state index is 4.71. The Balaban J connectivity index is 1.87. The third-order valence-corrected chi connectivity index (χ3v) is 4.33. The van der Waals surface area contributed by atoms with Crippen LogP contribution in [0.4, 0.5) is 0 Å². The van der Waals surface area contributed by atoms with Gasteiger partial charge in [-0.3, -0.25) is 4.98 Å². The molecule has 0 aliphatic rings. The minimum absolute atomic E-state index is 0.154. The van der Waals surface area contributed by atoms with E-state index in [1.165, 1.54) is 5.01 Å². The first-order valence-electron chi connectivity index (χ1n) is 7.85. The lowest BCUT2D eigenvalue weighted by atomic mass is 9.82. The zero-order valence-electron chi connectivity index (χ0n) is 14.3. The first kappa shape index (κ1) is 17.1. The molecule has 0 aliphatic carbocycles. The maximum atomic E-state index is 4.71. The highest BCUT2D eigenvalue weighted by Gasteiger charge is 2.24. The predicted molar refractivity (Wildman–Crippen MR) is 95.2 cm³/mol. The second kappa shape index (κ2) is 6.88. The van der Waals surface area contributed by atoms with Gasteiger partial charge in [0.15, 0.2) is 0 Å². The van der Waals surface area contributed by atoms with Gasteiger partial charge in [0, 0.05) is 41.8 Å². The Bertz CT molecular complexity index is 582. The summed E-state index contributed by atoms with van der Waals surface area (Å²) in [5, 5.41) is 6.96. The van der Waals surface area contributed by atoms with Crippen molar-refractivity contribution in [1.82, 2.24) is 15.3 Å². The predicted octanol–water partition coefficient (Wildman–Crippen LogP) is 4.55. The molecular formula is C18H27N3S. The highest BCUT2D eigenvalue weighted by molar-refractivity contribution is 7.09. The maximum Gasteiger partial charge on any atom is 0.0945 e. The molecule has 4 heteroatoms. The summed E-state index contributed by atoms with van der Waals surface area (Å²) < 4.78 is 0. The van der Waals surface area contributed by atoms with E-state index in [1.807, 2.05) is 12.3 Å². The van der Waals surface area contributed by atoms with Crippen LogP contribution in [0.25, 0.3) is 11.3 Å². The third-order valence-electron chi connectivity index (χ3n) is 3.42. The van der Waals surface area contributed by atoms with E-state index >= 15 is 0 Å². The highest BCUT2D eigenvalue weighted by atomic mass is 32.1. The molecule has 0 saturated carbocycles. The van der Waals surface area contributed by atoms with Crippen LogP contribution >= 0.6 is 11.3 Å². The van der Waals surface area contributed by atoms with E-state index in [4.69, 9.17) is 4.98 Å². The fourth-order valence-corrected chi connectivity index (χ4v) is 3.78. The van der Waals surface area contributed by atoms with E-state index in [0.717, 1.165) is 30.6 Å². The fraction of sp³-hybridized carbons (Fsp3) is 0.556. The molecule has 2 heterocycles. The Hall–Kier alpha value is -1.26. The van der Waals surface area contributed by atoms with Crippen molar-refractivity contribution in [1.29, 1.82) is 0 Å². The van der Waals surface area contributed by atoms with Crippen LogP contribution in [0.3, 0.4) is 0 Å². The molecule has 0 aromatic carbocycles. The summed E-state index contributed by atoms with van der Waals surface area (Å²) in [6.45, 7) is 12.4. The number of hydrogen-bond donors (Lipinski definition) is 1. The van der Waals surface area contributed by atoms with Crippen molar-refractivity contribution in [2.24, 2.45) is 5.41 Å². The molecule has 2 rings (SSSR count). The van der Waals surface area contributed by atoms with E-state index in [2.05, 4.69) is 56.4 Å². The van der Waals surface area contributed by atoms with Crippen LogP contribution in [0.2, 0.25) is 0 Å². The molecule has 120 valence electrons. The van der Waals surface area contributed by atoms with Crippen molar-refractivity contribution in [2.75, 3.05) is 6.54 Å². The number of aromatic nitrogens is 2. The third kappa shape index (κ3) is 5.50. The van der Waals surface area contributed by atoms with Gasteiger partial charge < -0.3 is 5.32 Å². The van der Waals surface area contributed by atoms with Gasteiger partial charge in [0.05, 0.1) is 10.7 Å². The van der Waals surface area contributed by atoms with Crippen LogP contribution < -0.4 is 5.32 Å². The van der Waals surface area contributed by atoms with E-state index in [9.17, 15) is 0 Å². The van der Waals surface area contributed by atoms with E-state index < -0.39 is 0 Å². The second-order valence-corrected chi connectivity index (χ2v) is 8.61. The summed E-state index contributed by atoms with van der Waals surface area (Å²) in [6, 6.07) is 4.00. The molecule has 2 aromatic heterocycles. The smallest absolute Gasteiger partial charge is 0.0945 e. The van der Waals surface area contributed by atoms with Crippen LogP contribution in [-0.4, -0.2) is 22.1 Å². The van der Waals surface area contributed by atoms with Crippen LogP contribution in [0, 0.1) is 5.41 Å². The Kier molecular flexibility index (Phi) is 5.35. The lowest BCUT2D eigenvalue weighted by molar-refractivity contribution is 0.243. The van der Waals surface area contributed by atoms with E-state index in [0.29, 0.717) is 5.41 Å². The molecule has 0 spiro atoms. The summed E-state index contributed by atoms with van der Waals surface area (Å²) >= 11 is 1.73. The number of thiazole rings is 1. The van der Waals surface area contributed by atoms with Gasteiger partial charge in [-0.1, -0.05) is 20.8 Å². The van der Waals surface area contributed by atoms with Gasteiger partial charge in [-0.25, -0.2) is 4.98 Å². The highest BCUT2D eigenvalue weighted by Crippen LogP contribution is 2.27. The van der Waals surface area contributed by atoms with E-state index in [1.54, 1.807) is 17.5 Å². The number of nitrogens with one attached hydrogen (secondary N) is 1. The topological polar surface area (TPSA) is 37.8 Å². The fourth-order valence-electron chi connectivity index (χ4n) is 2.97. The quantitative estimate of drug-likeness (QED) is 0.849. The minimum atomic E-state index is 0.154. The lowest BCUT2D eigenvalue weighted by Gasteiger charge is -2.33. The van der Waals surface area contributed by atoms with Gasteiger partial charge in [0.25, 0.3) is 0 Å². The van der Waals surface area contributed by atoms with Crippen molar-refractivity contribution in [3.8, 4) is 11.3 Å². The number of rotatable bonds is 6. The average Bonchev–Trinajstić information content (AvgIpc) is 2.85. The monoisotopic (exact) mass is 317 g/mol. The van der Waals surface area contributed by atoms with Gasteiger partial charge in [0.2, 0.25) is 0 Å². The van der Waals surface area contributed by atoms with Crippen molar-refractivity contribution >= 4 is 11.3 Å². The Morgan fingerprint density at radius 2 is 1.95 bits per heavy atom. The average molecular weight is 318 g/mol. The molecule has 2 aromatic rings. The van der Waals surface area contributed by atoms with E-state index in [-0.39, 0.29) is 5.54 Å². The first-order valence-corrected chi connectivity index (χ1v) is 8.73. The zero-order chi connectivity index (χ0) is 16.2. The van der Waals surface area contributed by atoms with Crippen LogP contribution in [0.15, 0.2) is 29.9 Å². The standard InChI is InChI=1S/C18H27N3S/c1-17(2,3)13-18(4,5)20-10-8-16-21-15(12-22-16)14-7-6-9-19-11-14/h6-7,9,11-12,20H,8,10,13H2,1-5H3. The van der Waals surface area contributed by atoms with Crippen molar-refractivity contribution in [2.45, 2.75) is 53.0 Å². The van der Waals surface area contributed by atoms with Crippen LogP contribution in [-0.2, 0) is 6.42 Å². The first-order chi connectivity index (χ1) is 10.3. The van der Waals surface area contributed by atoms with Gasteiger partial charge in [-0.15, -0.1) is 11.3 Å². The second-order valence-electron chi connectivity index (χ2n) is 7.67. The molecule has 1 N–H and O–H groups in total. The number of hydrogen-bond acceptors (Lipinski definition) is 4. The van der Waals surface area contributed by atoms with Crippen LogP contribution in [0.1, 0.15) is 46.0 Å². The molecule has 0 bridgehead atoms. The normalized spacial score (nSPS) is 12.6. The molecule has 0 amide bonds. The summed E-state index contributed by atoms with van der Waals surface area (Å²) in [4.78, 5) is 8.86. The Morgan fingerprint density at radius 3 is 2.59 bits per heavy atom. The summed E-state index contributed by atoms with van der Waals surface area (Å²) in [5.41, 5.74) is 2.61. The molecular weight excluding hydrogens is 290 g/mol. The molecule has 0 aliphatic heterocycles. The number of nitrogens with zero attached hydrogens (tertiary/aromatic N) is 2. The summed E-state index contributed by atoms with van der Waals surface area (Å²) in [5.74, 6) is 0. The van der Waals surface area contributed by atoms with Gasteiger partial charge in [-0.2, -0.15) is 0 Å². The SMILES string of the molecule is CC(C)(C)CC(C)(C)NCCc1nc(-c2cccnc2)cs1. The molecule has 0 radical (unpaired) electrons. The Labute approximate surface area is 138 Å². The minimum Gasteiger partial charge on any atom is -0.311 e. The molecule has 0 atom stereocenters. The largest absolute Gasteiger partial charge is 0.311 e. The van der Waals surface area contributed by atoms with Crippen molar-refractivity contribution in [3.63, 3.8) is 0 Å². The van der Waals surface area contributed by atoms with Gasteiger partial charge in [0.1, 0.15) is 0 Å². The lowest BCUT2D eigenvalue weighted by Crippen LogP contribution is -2.43. The van der Waals surface area contributed by atoms with Crippen LogP contribution in [0.5, 0.6) is 0 Å². The molecule has 0 fully saturated rings. The number of pyridine rings is 1. The summed E-state index contributed by atoms with van der Waals surface area (Å²) in [6.07, 6.45) is 5.78. The summed E-state index contributed by atoms with van der Waals surface area (Å²) in [7, 11) is 0.